The minimum absolute atomic E-state index is 0.0536. The van der Waals surface area contributed by atoms with E-state index in [-0.39, 0.29) is 23.4 Å². The highest BCUT2D eigenvalue weighted by molar-refractivity contribution is 9.10. The van der Waals surface area contributed by atoms with Gasteiger partial charge in [0.15, 0.2) is 5.78 Å². The van der Waals surface area contributed by atoms with Crippen molar-refractivity contribution in [1.82, 2.24) is 0 Å². The third-order valence-electron chi connectivity index (χ3n) is 3.43. The third kappa shape index (κ3) is 4.01. The molecular weight excluding hydrogens is 331 g/mol. The van der Waals surface area contributed by atoms with Crippen LogP contribution in [0.3, 0.4) is 0 Å². The van der Waals surface area contributed by atoms with Gasteiger partial charge in [-0.15, -0.1) is 0 Å². The first-order valence-corrected chi connectivity index (χ1v) is 7.64. The molecule has 3 heteroatoms. The van der Waals surface area contributed by atoms with Crippen LogP contribution in [-0.2, 0) is 11.8 Å². The predicted octanol–water partition coefficient (Wildman–Crippen LogP) is 5.31. The number of hydrogen-bond donors (Lipinski definition) is 0. The molecule has 0 spiro atoms. The molecule has 2 rings (SSSR count). The molecule has 2 aromatic rings. The van der Waals surface area contributed by atoms with Gasteiger partial charge in [-0.3, -0.25) is 4.79 Å². The Morgan fingerprint density at radius 1 is 1.10 bits per heavy atom. The monoisotopic (exact) mass is 348 g/mol. The fourth-order valence-corrected chi connectivity index (χ4v) is 2.52. The van der Waals surface area contributed by atoms with Crippen molar-refractivity contribution < 1.29 is 9.18 Å². The number of Topliss-reactive ketones (excluding diaryl/α,β-unsaturated/α-hetero) is 1. The first kappa shape index (κ1) is 15.9. The zero-order valence-corrected chi connectivity index (χ0v) is 14.0. The van der Waals surface area contributed by atoms with E-state index < -0.39 is 0 Å². The van der Waals surface area contributed by atoms with Gasteiger partial charge < -0.3 is 0 Å². The molecule has 0 fully saturated rings. The van der Waals surface area contributed by atoms with Crippen LogP contribution in [0, 0.1) is 5.82 Å². The molecule has 0 aromatic heterocycles. The molecule has 0 radical (unpaired) electrons. The molecule has 0 atom stereocenters. The van der Waals surface area contributed by atoms with Gasteiger partial charge in [0.2, 0.25) is 0 Å². The van der Waals surface area contributed by atoms with E-state index in [4.69, 9.17) is 0 Å². The van der Waals surface area contributed by atoms with Gasteiger partial charge in [0.05, 0.1) is 0 Å². The van der Waals surface area contributed by atoms with Gasteiger partial charge in [-0.2, -0.15) is 0 Å². The van der Waals surface area contributed by atoms with Crippen LogP contribution in [0.5, 0.6) is 0 Å². The summed E-state index contributed by atoms with van der Waals surface area (Å²) in [5.74, 6) is -0.426. The van der Waals surface area contributed by atoms with Crippen LogP contribution in [0.25, 0.3) is 0 Å². The SMILES string of the molecule is CC(C)(C)c1ccc(C(=O)Cc2cc(Br)ccc2F)cc1. The minimum atomic E-state index is -0.349. The number of rotatable bonds is 3. The Labute approximate surface area is 133 Å². The van der Waals surface area contributed by atoms with Crippen molar-refractivity contribution in [2.24, 2.45) is 0 Å². The molecule has 0 amide bonds. The van der Waals surface area contributed by atoms with Gasteiger partial charge in [-0.1, -0.05) is 61.0 Å². The van der Waals surface area contributed by atoms with Crippen molar-refractivity contribution in [3.63, 3.8) is 0 Å². The summed E-state index contributed by atoms with van der Waals surface area (Å²) < 4.78 is 14.5. The molecule has 0 unspecified atom stereocenters. The van der Waals surface area contributed by atoms with E-state index in [0.717, 1.165) is 4.47 Å². The first-order valence-electron chi connectivity index (χ1n) is 6.85. The number of hydrogen-bond acceptors (Lipinski definition) is 1. The maximum Gasteiger partial charge on any atom is 0.167 e. The van der Waals surface area contributed by atoms with Crippen molar-refractivity contribution in [3.8, 4) is 0 Å². The van der Waals surface area contributed by atoms with Crippen molar-refractivity contribution in [1.29, 1.82) is 0 Å². The standard InChI is InChI=1S/C18H18BrFO/c1-18(2,3)14-6-4-12(5-7-14)17(21)11-13-10-15(19)8-9-16(13)20/h4-10H,11H2,1-3H3. The fraction of sp³-hybridized carbons (Fsp3) is 0.278. The number of benzene rings is 2. The Hall–Kier alpha value is -1.48. The summed E-state index contributed by atoms with van der Waals surface area (Å²) in [6, 6.07) is 12.2. The predicted molar refractivity (Wildman–Crippen MR) is 87.3 cm³/mol. The summed E-state index contributed by atoms with van der Waals surface area (Å²) in [6.45, 7) is 6.38. The Kier molecular flexibility index (Phi) is 4.62. The Morgan fingerprint density at radius 3 is 2.29 bits per heavy atom. The Bertz CT molecular complexity index is 654. The maximum atomic E-state index is 13.7. The van der Waals surface area contributed by atoms with Crippen molar-refractivity contribution >= 4 is 21.7 Å². The zero-order chi connectivity index (χ0) is 15.6. The van der Waals surface area contributed by atoms with E-state index in [1.807, 2.05) is 24.3 Å². The molecule has 0 saturated heterocycles. The minimum Gasteiger partial charge on any atom is -0.294 e. The van der Waals surface area contributed by atoms with Crippen molar-refractivity contribution in [2.45, 2.75) is 32.6 Å². The number of halogens is 2. The lowest BCUT2D eigenvalue weighted by molar-refractivity contribution is 0.0991. The average molecular weight is 349 g/mol. The topological polar surface area (TPSA) is 17.1 Å². The van der Waals surface area contributed by atoms with Crippen LogP contribution in [-0.4, -0.2) is 5.78 Å². The highest BCUT2D eigenvalue weighted by atomic mass is 79.9. The largest absolute Gasteiger partial charge is 0.294 e. The van der Waals surface area contributed by atoms with Crippen LogP contribution in [0.2, 0.25) is 0 Å². The summed E-state index contributed by atoms with van der Waals surface area (Å²) in [5, 5.41) is 0. The number of carbonyl (C=O) groups excluding carboxylic acids is 1. The highest BCUT2D eigenvalue weighted by Gasteiger charge is 2.15. The Morgan fingerprint density at radius 2 is 1.71 bits per heavy atom. The molecule has 2 aromatic carbocycles. The van der Waals surface area contributed by atoms with Crippen LogP contribution < -0.4 is 0 Å². The number of ketones is 1. The van der Waals surface area contributed by atoms with E-state index in [1.54, 1.807) is 12.1 Å². The fourth-order valence-electron chi connectivity index (χ4n) is 2.11. The van der Waals surface area contributed by atoms with Crippen molar-refractivity contribution in [2.75, 3.05) is 0 Å². The molecule has 1 nitrogen and oxygen atoms in total. The van der Waals surface area contributed by atoms with Crippen molar-refractivity contribution in [3.05, 3.63) is 69.4 Å². The molecule has 0 aliphatic rings. The molecule has 21 heavy (non-hydrogen) atoms. The van der Waals surface area contributed by atoms with E-state index >= 15 is 0 Å². The van der Waals surface area contributed by atoms with E-state index in [9.17, 15) is 9.18 Å². The normalized spacial score (nSPS) is 11.5. The first-order chi connectivity index (χ1) is 9.77. The molecule has 0 bridgehead atoms. The van der Waals surface area contributed by atoms with Gasteiger partial charge in [-0.05, 0) is 34.7 Å². The smallest absolute Gasteiger partial charge is 0.167 e. The lowest BCUT2D eigenvalue weighted by atomic mass is 9.86. The van der Waals surface area contributed by atoms with Gasteiger partial charge in [0.25, 0.3) is 0 Å². The third-order valence-corrected chi connectivity index (χ3v) is 3.92. The van der Waals surface area contributed by atoms with Crippen LogP contribution >= 0.6 is 15.9 Å². The van der Waals surface area contributed by atoms with Gasteiger partial charge in [0.1, 0.15) is 5.82 Å². The lowest BCUT2D eigenvalue weighted by Crippen LogP contribution is -2.12. The lowest BCUT2D eigenvalue weighted by Gasteiger charge is -2.19. The summed E-state index contributed by atoms with van der Waals surface area (Å²) in [5.41, 5.74) is 2.25. The second-order valence-corrected chi connectivity index (χ2v) is 7.08. The molecule has 0 N–H and O–H groups in total. The van der Waals surface area contributed by atoms with Gasteiger partial charge >= 0.3 is 0 Å². The molecule has 0 saturated carbocycles. The summed E-state index contributed by atoms with van der Waals surface area (Å²) in [6.07, 6.45) is 0.0696. The molecule has 0 aliphatic heterocycles. The Balaban J connectivity index is 2.19. The van der Waals surface area contributed by atoms with Crippen LogP contribution in [0.1, 0.15) is 42.3 Å². The van der Waals surface area contributed by atoms with Gasteiger partial charge in [-0.25, -0.2) is 4.39 Å². The van der Waals surface area contributed by atoms with Gasteiger partial charge in [0, 0.05) is 16.5 Å². The van der Waals surface area contributed by atoms with Crippen LogP contribution in [0.4, 0.5) is 4.39 Å². The zero-order valence-electron chi connectivity index (χ0n) is 12.4. The number of carbonyl (C=O) groups is 1. The summed E-state index contributed by atoms with van der Waals surface area (Å²) in [4.78, 5) is 12.3. The second kappa shape index (κ2) is 6.10. The molecule has 0 aliphatic carbocycles. The van der Waals surface area contributed by atoms with E-state index in [2.05, 4.69) is 36.7 Å². The van der Waals surface area contributed by atoms with E-state index in [0.29, 0.717) is 11.1 Å². The maximum absolute atomic E-state index is 13.7. The second-order valence-electron chi connectivity index (χ2n) is 6.16. The average Bonchev–Trinajstić information content (AvgIpc) is 2.42. The van der Waals surface area contributed by atoms with E-state index in [1.165, 1.54) is 11.6 Å². The molecule has 110 valence electrons. The van der Waals surface area contributed by atoms with Crippen LogP contribution in [0.15, 0.2) is 46.9 Å². The summed E-state index contributed by atoms with van der Waals surface area (Å²) in [7, 11) is 0. The quantitative estimate of drug-likeness (QED) is 0.686. The molecule has 0 heterocycles. The molecular formula is C18H18BrFO. The summed E-state index contributed by atoms with van der Waals surface area (Å²) >= 11 is 3.30. The highest BCUT2D eigenvalue weighted by Crippen LogP contribution is 2.23.